The van der Waals surface area contributed by atoms with Crippen molar-refractivity contribution < 1.29 is 20.1 Å². The molecule has 0 aliphatic rings. The molecule has 60 valence electrons. The molecule has 0 aliphatic heterocycles. The Hall–Kier alpha value is -0.610. The van der Waals surface area contributed by atoms with E-state index in [0.29, 0.717) is 0 Å². The SMILES string of the molecule is C[C@H](CC(O)CO)C(=O)O. The summed E-state index contributed by atoms with van der Waals surface area (Å²) in [7, 11) is 0. The highest BCUT2D eigenvalue weighted by Crippen LogP contribution is 2.04. The summed E-state index contributed by atoms with van der Waals surface area (Å²) in [6, 6.07) is 0. The number of hydrogen-bond acceptors (Lipinski definition) is 3. The van der Waals surface area contributed by atoms with Crippen LogP contribution < -0.4 is 0 Å². The van der Waals surface area contributed by atoms with E-state index in [2.05, 4.69) is 0 Å². The van der Waals surface area contributed by atoms with Gasteiger partial charge in [-0.2, -0.15) is 0 Å². The van der Waals surface area contributed by atoms with E-state index in [-0.39, 0.29) is 13.0 Å². The Bertz CT molecular complexity index is 112. The summed E-state index contributed by atoms with van der Waals surface area (Å²) in [6.07, 6.45) is -0.808. The van der Waals surface area contributed by atoms with Gasteiger partial charge in [0.2, 0.25) is 0 Å². The van der Waals surface area contributed by atoms with Crippen molar-refractivity contribution in [2.45, 2.75) is 19.4 Å². The van der Waals surface area contributed by atoms with E-state index >= 15 is 0 Å². The second-order valence-corrected chi connectivity index (χ2v) is 2.31. The molecular weight excluding hydrogens is 136 g/mol. The lowest BCUT2D eigenvalue weighted by atomic mass is 10.1. The zero-order valence-corrected chi connectivity index (χ0v) is 5.82. The number of carboxylic acids is 1. The van der Waals surface area contributed by atoms with Crippen LogP contribution in [0.5, 0.6) is 0 Å². The summed E-state index contributed by atoms with van der Waals surface area (Å²) in [5.74, 6) is -1.55. The molecule has 0 aromatic heterocycles. The van der Waals surface area contributed by atoms with Crippen molar-refractivity contribution in [2.24, 2.45) is 5.92 Å². The Morgan fingerprint density at radius 1 is 1.60 bits per heavy atom. The van der Waals surface area contributed by atoms with Gasteiger partial charge in [0.05, 0.1) is 18.6 Å². The maximum Gasteiger partial charge on any atom is 0.306 e. The topological polar surface area (TPSA) is 77.8 Å². The molecule has 0 fully saturated rings. The molecule has 0 spiro atoms. The number of aliphatic carboxylic acids is 1. The molecule has 10 heavy (non-hydrogen) atoms. The lowest BCUT2D eigenvalue weighted by Gasteiger charge is -2.09. The van der Waals surface area contributed by atoms with Gasteiger partial charge in [-0.15, -0.1) is 0 Å². The van der Waals surface area contributed by atoms with E-state index in [1.165, 1.54) is 6.92 Å². The van der Waals surface area contributed by atoms with Crippen molar-refractivity contribution >= 4 is 5.97 Å². The van der Waals surface area contributed by atoms with Gasteiger partial charge in [0, 0.05) is 0 Å². The number of carboxylic acid groups (broad SMARTS) is 1. The molecular formula is C6H12O4. The number of aliphatic hydroxyl groups is 2. The summed E-state index contributed by atoms with van der Waals surface area (Å²) in [6.45, 7) is 1.11. The molecule has 0 radical (unpaired) electrons. The van der Waals surface area contributed by atoms with Crippen molar-refractivity contribution in [3.05, 3.63) is 0 Å². The van der Waals surface area contributed by atoms with E-state index in [1.54, 1.807) is 0 Å². The molecule has 0 bridgehead atoms. The van der Waals surface area contributed by atoms with Crippen LogP contribution in [-0.2, 0) is 4.79 Å². The predicted molar refractivity (Wildman–Crippen MR) is 34.5 cm³/mol. The van der Waals surface area contributed by atoms with Crippen molar-refractivity contribution in [2.75, 3.05) is 6.61 Å². The third kappa shape index (κ3) is 3.42. The third-order valence-electron chi connectivity index (χ3n) is 1.26. The molecule has 2 atom stereocenters. The zero-order chi connectivity index (χ0) is 8.15. The lowest BCUT2D eigenvalue weighted by molar-refractivity contribution is -0.142. The second kappa shape index (κ2) is 4.24. The number of hydrogen-bond donors (Lipinski definition) is 3. The van der Waals surface area contributed by atoms with Crippen LogP contribution in [0.3, 0.4) is 0 Å². The molecule has 0 aromatic rings. The molecule has 4 heteroatoms. The normalized spacial score (nSPS) is 16.3. The van der Waals surface area contributed by atoms with Crippen LogP contribution in [0.4, 0.5) is 0 Å². The van der Waals surface area contributed by atoms with E-state index in [0.717, 1.165) is 0 Å². The fourth-order valence-electron chi connectivity index (χ4n) is 0.583. The molecule has 0 heterocycles. The van der Waals surface area contributed by atoms with Crippen molar-refractivity contribution in [3.8, 4) is 0 Å². The second-order valence-electron chi connectivity index (χ2n) is 2.31. The molecule has 1 unspecified atom stereocenters. The first kappa shape index (κ1) is 9.39. The van der Waals surface area contributed by atoms with Gasteiger partial charge in [0.25, 0.3) is 0 Å². The summed E-state index contributed by atoms with van der Waals surface area (Å²) >= 11 is 0. The van der Waals surface area contributed by atoms with Gasteiger partial charge in [-0.3, -0.25) is 4.79 Å². The molecule has 0 amide bonds. The van der Waals surface area contributed by atoms with Gasteiger partial charge >= 0.3 is 5.97 Å². The first-order chi connectivity index (χ1) is 4.57. The summed E-state index contributed by atoms with van der Waals surface area (Å²) in [5, 5.41) is 25.4. The molecule has 0 saturated carbocycles. The highest BCUT2D eigenvalue weighted by atomic mass is 16.4. The maximum absolute atomic E-state index is 10.2. The predicted octanol–water partition coefficient (Wildman–Crippen LogP) is -0.550. The Kier molecular flexibility index (Phi) is 3.99. The van der Waals surface area contributed by atoms with Crippen LogP contribution in [0.2, 0.25) is 0 Å². The van der Waals surface area contributed by atoms with Crippen molar-refractivity contribution in [1.29, 1.82) is 0 Å². The van der Waals surface area contributed by atoms with E-state index in [4.69, 9.17) is 15.3 Å². The standard InChI is InChI=1S/C6H12O4/c1-4(6(9)10)2-5(8)3-7/h4-5,7-8H,2-3H2,1H3,(H,9,10)/t4-,5?/m1/s1. The van der Waals surface area contributed by atoms with E-state index < -0.39 is 18.0 Å². The van der Waals surface area contributed by atoms with Crippen LogP contribution in [0.15, 0.2) is 0 Å². The van der Waals surface area contributed by atoms with Gasteiger partial charge in [-0.1, -0.05) is 6.92 Å². The van der Waals surface area contributed by atoms with Gasteiger partial charge in [-0.05, 0) is 6.42 Å². The largest absolute Gasteiger partial charge is 0.481 e. The number of carbonyl (C=O) groups is 1. The average Bonchev–Trinajstić information content (AvgIpc) is 1.87. The third-order valence-corrected chi connectivity index (χ3v) is 1.26. The first-order valence-corrected chi connectivity index (χ1v) is 3.09. The minimum absolute atomic E-state index is 0.103. The van der Waals surface area contributed by atoms with Crippen LogP contribution in [0, 0.1) is 5.92 Å². The molecule has 0 aromatic carbocycles. The quantitative estimate of drug-likeness (QED) is 0.500. The first-order valence-electron chi connectivity index (χ1n) is 3.09. The smallest absolute Gasteiger partial charge is 0.306 e. The minimum atomic E-state index is -0.951. The molecule has 3 N–H and O–H groups in total. The number of rotatable bonds is 4. The Morgan fingerprint density at radius 2 is 2.10 bits per heavy atom. The highest BCUT2D eigenvalue weighted by Gasteiger charge is 2.14. The lowest BCUT2D eigenvalue weighted by Crippen LogP contribution is -2.20. The monoisotopic (exact) mass is 148 g/mol. The molecule has 0 saturated heterocycles. The highest BCUT2D eigenvalue weighted by molar-refractivity contribution is 5.69. The molecule has 0 rings (SSSR count). The maximum atomic E-state index is 10.2. The Labute approximate surface area is 59.1 Å². The summed E-state index contributed by atoms with van der Waals surface area (Å²) in [4.78, 5) is 10.2. The van der Waals surface area contributed by atoms with Crippen LogP contribution in [-0.4, -0.2) is 34.0 Å². The van der Waals surface area contributed by atoms with Gasteiger partial charge in [0.1, 0.15) is 0 Å². The Balaban J connectivity index is 3.56. The zero-order valence-electron chi connectivity index (χ0n) is 5.82. The number of aliphatic hydroxyl groups excluding tert-OH is 2. The summed E-state index contributed by atoms with van der Waals surface area (Å²) < 4.78 is 0. The van der Waals surface area contributed by atoms with Crippen molar-refractivity contribution in [1.82, 2.24) is 0 Å². The van der Waals surface area contributed by atoms with Crippen LogP contribution in [0.1, 0.15) is 13.3 Å². The average molecular weight is 148 g/mol. The van der Waals surface area contributed by atoms with E-state index in [9.17, 15) is 4.79 Å². The fraction of sp³-hybridized carbons (Fsp3) is 0.833. The van der Waals surface area contributed by atoms with Gasteiger partial charge in [-0.25, -0.2) is 0 Å². The van der Waals surface area contributed by atoms with Crippen molar-refractivity contribution in [3.63, 3.8) is 0 Å². The van der Waals surface area contributed by atoms with Gasteiger partial charge < -0.3 is 15.3 Å². The van der Waals surface area contributed by atoms with Crippen LogP contribution in [0.25, 0.3) is 0 Å². The fourth-order valence-corrected chi connectivity index (χ4v) is 0.583. The van der Waals surface area contributed by atoms with E-state index in [1.807, 2.05) is 0 Å². The minimum Gasteiger partial charge on any atom is -0.481 e. The summed E-state index contributed by atoms with van der Waals surface area (Å²) in [5.41, 5.74) is 0. The molecule has 4 nitrogen and oxygen atoms in total. The van der Waals surface area contributed by atoms with Crippen LogP contribution >= 0.6 is 0 Å². The van der Waals surface area contributed by atoms with Gasteiger partial charge in [0.15, 0.2) is 0 Å². The Morgan fingerprint density at radius 3 is 2.40 bits per heavy atom. The molecule has 0 aliphatic carbocycles.